The monoisotopic (exact) mass is 374 g/mol. The topological polar surface area (TPSA) is 81.3 Å². The van der Waals surface area contributed by atoms with Gasteiger partial charge in [0.25, 0.3) is 0 Å². The lowest BCUT2D eigenvalue weighted by atomic mass is 10.1. The third kappa shape index (κ3) is 4.18. The van der Waals surface area contributed by atoms with Crippen molar-refractivity contribution in [3.63, 3.8) is 0 Å². The number of nitrogens with two attached hydrogens (primary N) is 1. The third-order valence-corrected chi connectivity index (χ3v) is 4.82. The Labute approximate surface area is 164 Å². The van der Waals surface area contributed by atoms with Gasteiger partial charge in [-0.25, -0.2) is 9.97 Å². The van der Waals surface area contributed by atoms with Gasteiger partial charge in [0.15, 0.2) is 0 Å². The number of amides is 1. The Morgan fingerprint density at radius 2 is 1.86 bits per heavy atom. The maximum atomic E-state index is 11.4. The highest BCUT2D eigenvalue weighted by molar-refractivity contribution is 5.93. The number of ether oxygens (including phenoxy) is 1. The smallest absolute Gasteiger partial charge is 0.248 e. The Hall–Kier alpha value is -3.25. The van der Waals surface area contributed by atoms with Gasteiger partial charge in [0.1, 0.15) is 5.82 Å². The maximum Gasteiger partial charge on any atom is 0.248 e. The number of carbonyl (C=O) groups excluding carboxylic acids is 1. The molecule has 6 heteroatoms. The standard InChI is InChI=1S/C22H22N4O2/c23-22(27)18-3-1-2-17(15-18)20-8-9-24-21(25-20)14-16-4-6-19(7-5-16)26-10-12-28-13-11-26/h1-9,15H,10-14H2,(H2,23,27). The minimum Gasteiger partial charge on any atom is -0.378 e. The molecule has 6 nitrogen and oxygen atoms in total. The van der Waals surface area contributed by atoms with Crippen molar-refractivity contribution in [2.45, 2.75) is 6.42 Å². The average Bonchev–Trinajstić information content (AvgIpc) is 2.75. The Morgan fingerprint density at radius 1 is 1.07 bits per heavy atom. The molecule has 1 aliphatic heterocycles. The van der Waals surface area contributed by atoms with Crippen LogP contribution < -0.4 is 10.6 Å². The molecule has 0 atom stereocenters. The van der Waals surface area contributed by atoms with Crippen LogP contribution in [0.25, 0.3) is 11.3 Å². The number of benzene rings is 2. The number of aromatic nitrogens is 2. The minimum absolute atomic E-state index is 0.448. The van der Waals surface area contributed by atoms with Crippen LogP contribution in [0, 0.1) is 0 Å². The van der Waals surface area contributed by atoms with Crippen molar-refractivity contribution in [2.75, 3.05) is 31.2 Å². The summed E-state index contributed by atoms with van der Waals surface area (Å²) in [7, 11) is 0. The van der Waals surface area contributed by atoms with Gasteiger partial charge < -0.3 is 15.4 Å². The molecular formula is C22H22N4O2. The molecule has 0 aliphatic carbocycles. The summed E-state index contributed by atoms with van der Waals surface area (Å²) in [6.45, 7) is 3.41. The fraction of sp³-hybridized carbons (Fsp3) is 0.227. The first-order valence-corrected chi connectivity index (χ1v) is 9.33. The highest BCUT2D eigenvalue weighted by Crippen LogP contribution is 2.20. The van der Waals surface area contributed by atoms with Crippen molar-refractivity contribution in [3.05, 3.63) is 77.7 Å². The maximum absolute atomic E-state index is 11.4. The summed E-state index contributed by atoms with van der Waals surface area (Å²) in [5, 5.41) is 0. The molecule has 1 amide bonds. The van der Waals surface area contributed by atoms with Gasteiger partial charge in [-0.3, -0.25) is 4.79 Å². The highest BCUT2D eigenvalue weighted by atomic mass is 16.5. The van der Waals surface area contributed by atoms with E-state index in [1.165, 1.54) is 5.69 Å². The molecule has 1 aliphatic rings. The SMILES string of the molecule is NC(=O)c1cccc(-c2ccnc(Cc3ccc(N4CCOCC4)cc3)n2)c1. The van der Waals surface area contributed by atoms with Crippen LogP contribution in [0.1, 0.15) is 21.7 Å². The summed E-state index contributed by atoms with van der Waals surface area (Å²) in [6.07, 6.45) is 2.39. The van der Waals surface area contributed by atoms with E-state index >= 15 is 0 Å². The molecule has 2 heterocycles. The Kier molecular flexibility index (Phi) is 5.30. The summed E-state index contributed by atoms with van der Waals surface area (Å²) in [6, 6.07) is 17.5. The number of nitrogens with zero attached hydrogens (tertiary/aromatic N) is 3. The minimum atomic E-state index is -0.448. The molecule has 2 N–H and O–H groups in total. The van der Waals surface area contributed by atoms with Gasteiger partial charge in [0, 0.05) is 42.5 Å². The first kappa shape index (κ1) is 18.1. The fourth-order valence-corrected chi connectivity index (χ4v) is 3.31. The van der Waals surface area contributed by atoms with Crippen molar-refractivity contribution < 1.29 is 9.53 Å². The molecule has 4 rings (SSSR count). The van der Waals surface area contributed by atoms with Crippen LogP contribution in [-0.2, 0) is 11.2 Å². The van der Waals surface area contributed by atoms with Gasteiger partial charge in [-0.2, -0.15) is 0 Å². The van der Waals surface area contributed by atoms with Gasteiger partial charge in [-0.05, 0) is 35.9 Å². The van der Waals surface area contributed by atoms with Gasteiger partial charge >= 0.3 is 0 Å². The molecule has 0 spiro atoms. The zero-order valence-electron chi connectivity index (χ0n) is 15.5. The average molecular weight is 374 g/mol. The number of anilines is 1. The predicted octanol–water partition coefficient (Wildman–Crippen LogP) is 2.67. The van der Waals surface area contributed by atoms with Crippen molar-refractivity contribution >= 4 is 11.6 Å². The molecule has 1 saturated heterocycles. The number of hydrogen-bond acceptors (Lipinski definition) is 5. The highest BCUT2D eigenvalue weighted by Gasteiger charge is 2.11. The van der Waals surface area contributed by atoms with Crippen molar-refractivity contribution in [1.29, 1.82) is 0 Å². The van der Waals surface area contributed by atoms with Crippen molar-refractivity contribution in [2.24, 2.45) is 5.73 Å². The lowest BCUT2D eigenvalue weighted by Crippen LogP contribution is -2.36. The van der Waals surface area contributed by atoms with Gasteiger partial charge in [-0.15, -0.1) is 0 Å². The Morgan fingerprint density at radius 3 is 2.61 bits per heavy atom. The second-order valence-corrected chi connectivity index (χ2v) is 6.75. The molecule has 2 aromatic carbocycles. The van der Waals surface area contributed by atoms with Gasteiger partial charge in [0.05, 0.1) is 18.9 Å². The summed E-state index contributed by atoms with van der Waals surface area (Å²) in [5.74, 6) is 0.289. The number of carbonyl (C=O) groups is 1. The van der Waals surface area contributed by atoms with E-state index in [9.17, 15) is 4.79 Å². The number of morpholine rings is 1. The van der Waals surface area contributed by atoms with E-state index in [-0.39, 0.29) is 0 Å². The first-order chi connectivity index (χ1) is 13.7. The normalized spacial score (nSPS) is 14.1. The first-order valence-electron chi connectivity index (χ1n) is 9.33. The van der Waals surface area contributed by atoms with Crippen LogP contribution in [0.3, 0.4) is 0 Å². The van der Waals surface area contributed by atoms with Crippen LogP contribution in [-0.4, -0.2) is 42.2 Å². The quantitative estimate of drug-likeness (QED) is 0.743. The van der Waals surface area contributed by atoms with Gasteiger partial charge in [-0.1, -0.05) is 24.3 Å². The van der Waals surface area contributed by atoms with Crippen LogP contribution in [0.15, 0.2) is 60.8 Å². The van der Waals surface area contributed by atoms with Crippen LogP contribution in [0.2, 0.25) is 0 Å². The Bertz CT molecular complexity index is 966. The van der Waals surface area contributed by atoms with E-state index in [2.05, 4.69) is 39.1 Å². The predicted molar refractivity (Wildman–Crippen MR) is 108 cm³/mol. The summed E-state index contributed by atoms with van der Waals surface area (Å²) in [4.78, 5) is 22.8. The van der Waals surface area contributed by atoms with Crippen molar-refractivity contribution in [1.82, 2.24) is 9.97 Å². The third-order valence-electron chi connectivity index (χ3n) is 4.82. The van der Waals surface area contributed by atoms with E-state index < -0.39 is 5.91 Å². The lowest BCUT2D eigenvalue weighted by Gasteiger charge is -2.28. The van der Waals surface area contributed by atoms with Crippen LogP contribution in [0.4, 0.5) is 5.69 Å². The molecule has 142 valence electrons. The summed E-state index contributed by atoms with van der Waals surface area (Å²) in [5.41, 5.74) is 9.84. The molecule has 0 saturated carbocycles. The van der Waals surface area contributed by atoms with E-state index in [4.69, 9.17) is 10.5 Å². The second kappa shape index (κ2) is 8.19. The van der Waals surface area contributed by atoms with E-state index in [0.717, 1.165) is 48.9 Å². The molecule has 0 radical (unpaired) electrons. The second-order valence-electron chi connectivity index (χ2n) is 6.75. The Balaban J connectivity index is 1.50. The van der Waals surface area contributed by atoms with E-state index in [1.807, 2.05) is 18.2 Å². The molecule has 1 aromatic heterocycles. The largest absolute Gasteiger partial charge is 0.378 e. The molecule has 3 aromatic rings. The van der Waals surface area contributed by atoms with Crippen LogP contribution in [0.5, 0.6) is 0 Å². The molecule has 1 fully saturated rings. The number of rotatable bonds is 5. The van der Waals surface area contributed by atoms with E-state index in [0.29, 0.717) is 12.0 Å². The number of primary amides is 1. The molecule has 0 bridgehead atoms. The van der Waals surface area contributed by atoms with E-state index in [1.54, 1.807) is 18.3 Å². The summed E-state index contributed by atoms with van der Waals surface area (Å²) < 4.78 is 5.41. The zero-order valence-corrected chi connectivity index (χ0v) is 15.5. The lowest BCUT2D eigenvalue weighted by molar-refractivity contribution is 0.100. The van der Waals surface area contributed by atoms with Crippen LogP contribution >= 0.6 is 0 Å². The zero-order chi connectivity index (χ0) is 19.3. The molecular weight excluding hydrogens is 352 g/mol. The van der Waals surface area contributed by atoms with Crippen molar-refractivity contribution in [3.8, 4) is 11.3 Å². The molecule has 28 heavy (non-hydrogen) atoms. The fourth-order valence-electron chi connectivity index (χ4n) is 3.31. The number of hydrogen-bond donors (Lipinski definition) is 1. The summed E-state index contributed by atoms with van der Waals surface area (Å²) >= 11 is 0. The molecule has 0 unspecified atom stereocenters. The van der Waals surface area contributed by atoms with Gasteiger partial charge in [0.2, 0.25) is 5.91 Å².